The van der Waals surface area contributed by atoms with Crippen molar-refractivity contribution in [2.24, 2.45) is 0 Å². The van der Waals surface area contributed by atoms with Crippen LogP contribution in [0.1, 0.15) is 11.6 Å². The van der Waals surface area contributed by atoms with Crippen molar-refractivity contribution in [3.63, 3.8) is 0 Å². The van der Waals surface area contributed by atoms with Crippen molar-refractivity contribution in [3.8, 4) is 0 Å². The maximum atomic E-state index is 12.0. The van der Waals surface area contributed by atoms with Gasteiger partial charge in [-0.2, -0.15) is 13.2 Å². The fourth-order valence-electron chi connectivity index (χ4n) is 1.28. The Balaban J connectivity index is 2.65. The lowest BCUT2D eigenvalue weighted by Gasteiger charge is -2.17. The molecule has 4 nitrogen and oxygen atoms in total. The molecule has 2 unspecified atom stereocenters. The Kier molecular flexibility index (Phi) is 5.29. The predicted molar refractivity (Wildman–Crippen MR) is 60.6 cm³/mol. The Morgan fingerprint density at radius 3 is 2.39 bits per heavy atom. The second-order valence-electron chi connectivity index (χ2n) is 3.31. The van der Waals surface area contributed by atoms with Crippen molar-refractivity contribution < 1.29 is 22.2 Å². The minimum Gasteiger partial charge on any atom is -0.351 e. The van der Waals surface area contributed by atoms with Crippen molar-refractivity contribution in [1.29, 1.82) is 0 Å². The highest BCUT2D eigenvalue weighted by atomic mass is 32.2. The van der Waals surface area contributed by atoms with Gasteiger partial charge < -0.3 is 5.32 Å². The quantitative estimate of drug-likeness (QED) is 0.770. The SMILES string of the molecule is O=CNC(CNS(=O)C(F)(F)F)c1ccccc1. The third-order valence-electron chi connectivity index (χ3n) is 2.10. The third-order valence-corrected chi connectivity index (χ3v) is 2.95. The van der Waals surface area contributed by atoms with Gasteiger partial charge in [0.2, 0.25) is 6.41 Å². The number of hydrogen-bond donors (Lipinski definition) is 2. The summed E-state index contributed by atoms with van der Waals surface area (Å²) in [5.41, 5.74) is -4.20. The molecule has 0 heterocycles. The number of nitrogens with one attached hydrogen (secondary N) is 2. The number of benzene rings is 1. The molecule has 8 heteroatoms. The normalized spacial score (nSPS) is 14.8. The highest BCUT2D eigenvalue weighted by Gasteiger charge is 2.37. The van der Waals surface area contributed by atoms with Crippen molar-refractivity contribution in [2.75, 3.05) is 6.54 Å². The van der Waals surface area contributed by atoms with Crippen LogP contribution in [0.2, 0.25) is 0 Å². The van der Waals surface area contributed by atoms with E-state index in [1.165, 1.54) is 0 Å². The van der Waals surface area contributed by atoms with Gasteiger partial charge in [0.25, 0.3) is 0 Å². The lowest BCUT2D eigenvalue weighted by molar-refractivity contribution is -0.110. The second kappa shape index (κ2) is 6.50. The Labute approximate surface area is 104 Å². The van der Waals surface area contributed by atoms with Crippen LogP contribution in [0.5, 0.6) is 0 Å². The van der Waals surface area contributed by atoms with Gasteiger partial charge in [0.1, 0.15) is 0 Å². The van der Waals surface area contributed by atoms with E-state index in [4.69, 9.17) is 0 Å². The third kappa shape index (κ3) is 4.46. The highest BCUT2D eigenvalue weighted by molar-refractivity contribution is 7.83. The van der Waals surface area contributed by atoms with E-state index in [0.717, 1.165) is 0 Å². The maximum absolute atomic E-state index is 12.0. The van der Waals surface area contributed by atoms with Crippen molar-refractivity contribution >= 4 is 17.4 Å². The smallest absolute Gasteiger partial charge is 0.351 e. The molecule has 0 aromatic heterocycles. The number of rotatable bonds is 6. The van der Waals surface area contributed by atoms with Crippen LogP contribution in [0, 0.1) is 0 Å². The zero-order valence-corrected chi connectivity index (χ0v) is 9.92. The van der Waals surface area contributed by atoms with Crippen LogP contribution in [-0.2, 0) is 15.8 Å². The predicted octanol–water partition coefficient (Wildman–Crippen LogP) is 1.25. The van der Waals surface area contributed by atoms with E-state index in [9.17, 15) is 22.2 Å². The minimum atomic E-state index is -4.82. The van der Waals surface area contributed by atoms with Gasteiger partial charge >= 0.3 is 5.51 Å². The molecule has 0 aliphatic heterocycles. The van der Waals surface area contributed by atoms with Crippen LogP contribution >= 0.6 is 0 Å². The fourth-order valence-corrected chi connectivity index (χ4v) is 1.76. The van der Waals surface area contributed by atoms with Crippen LogP contribution in [0.3, 0.4) is 0 Å². The monoisotopic (exact) mass is 280 g/mol. The first-order chi connectivity index (χ1) is 8.45. The first-order valence-electron chi connectivity index (χ1n) is 4.92. The summed E-state index contributed by atoms with van der Waals surface area (Å²) in [5.74, 6) is 0. The zero-order chi connectivity index (χ0) is 13.6. The van der Waals surface area contributed by atoms with Gasteiger partial charge in [0.05, 0.1) is 6.04 Å². The first-order valence-corrected chi connectivity index (χ1v) is 6.07. The Bertz CT molecular complexity index is 411. The molecule has 2 atom stereocenters. The molecule has 1 aromatic rings. The fraction of sp³-hybridized carbons (Fsp3) is 0.300. The molecule has 0 radical (unpaired) electrons. The van der Waals surface area contributed by atoms with Crippen LogP contribution in [0.4, 0.5) is 13.2 Å². The Hall–Kier alpha value is -1.41. The maximum Gasteiger partial charge on any atom is 0.485 e. The van der Waals surface area contributed by atoms with E-state index >= 15 is 0 Å². The molecule has 0 bridgehead atoms. The van der Waals surface area contributed by atoms with E-state index in [2.05, 4.69) is 5.32 Å². The second-order valence-corrected chi connectivity index (χ2v) is 4.60. The molecule has 0 aliphatic rings. The molecule has 1 amide bonds. The number of alkyl halides is 3. The first kappa shape index (κ1) is 14.7. The largest absolute Gasteiger partial charge is 0.485 e. The van der Waals surface area contributed by atoms with Crippen LogP contribution < -0.4 is 10.0 Å². The summed E-state index contributed by atoms with van der Waals surface area (Å²) in [5, 5.41) is 2.36. The van der Waals surface area contributed by atoms with Crippen LogP contribution in [0.25, 0.3) is 0 Å². The summed E-state index contributed by atoms with van der Waals surface area (Å²) in [6, 6.07) is 7.75. The molecule has 100 valence electrons. The van der Waals surface area contributed by atoms with E-state index in [1.807, 2.05) is 4.72 Å². The molecule has 18 heavy (non-hydrogen) atoms. The Morgan fingerprint density at radius 1 is 1.28 bits per heavy atom. The summed E-state index contributed by atoms with van der Waals surface area (Å²) in [4.78, 5) is 10.4. The minimum absolute atomic E-state index is 0.283. The molecular weight excluding hydrogens is 269 g/mol. The van der Waals surface area contributed by atoms with Gasteiger partial charge in [-0.1, -0.05) is 30.3 Å². The topological polar surface area (TPSA) is 58.2 Å². The number of amides is 1. The van der Waals surface area contributed by atoms with Crippen molar-refractivity contribution in [2.45, 2.75) is 11.6 Å². The Morgan fingerprint density at radius 2 is 1.89 bits per heavy atom. The summed E-state index contributed by atoms with van der Waals surface area (Å²) in [6.45, 7) is -0.283. The zero-order valence-electron chi connectivity index (χ0n) is 9.11. The van der Waals surface area contributed by atoms with E-state index in [0.29, 0.717) is 12.0 Å². The van der Waals surface area contributed by atoms with Gasteiger partial charge in [-0.15, -0.1) is 0 Å². The van der Waals surface area contributed by atoms with Gasteiger partial charge in [-0.3, -0.25) is 4.79 Å². The van der Waals surface area contributed by atoms with E-state index in [-0.39, 0.29) is 6.54 Å². The molecule has 0 saturated carbocycles. The summed E-state index contributed by atoms with van der Waals surface area (Å²) in [7, 11) is -3.14. The molecule has 1 rings (SSSR count). The standard InChI is InChI=1S/C10H11F3N2O2S/c11-10(12,13)18(17)15-6-9(14-7-16)8-4-2-1-3-5-8/h1-5,7,9,15H,6H2,(H,14,16). The number of carbonyl (C=O) groups is 1. The van der Waals surface area contributed by atoms with Gasteiger partial charge in [-0.05, 0) is 5.56 Å². The molecule has 0 fully saturated rings. The summed E-state index contributed by atoms with van der Waals surface area (Å²) < 4.78 is 48.7. The van der Waals surface area contributed by atoms with E-state index in [1.54, 1.807) is 30.3 Å². The summed E-state index contributed by atoms with van der Waals surface area (Å²) in [6.07, 6.45) is 0.385. The molecule has 1 aromatic carbocycles. The summed E-state index contributed by atoms with van der Waals surface area (Å²) >= 11 is 0. The van der Waals surface area contributed by atoms with Gasteiger partial charge in [-0.25, -0.2) is 8.93 Å². The van der Waals surface area contributed by atoms with Gasteiger partial charge in [0, 0.05) is 6.54 Å². The molecule has 0 aliphatic carbocycles. The lowest BCUT2D eigenvalue weighted by Crippen LogP contribution is -2.36. The van der Waals surface area contributed by atoms with Crippen LogP contribution in [-0.4, -0.2) is 22.7 Å². The number of carbonyl (C=O) groups excluding carboxylic acids is 1. The molecule has 0 spiro atoms. The lowest BCUT2D eigenvalue weighted by atomic mass is 10.1. The van der Waals surface area contributed by atoms with Gasteiger partial charge in [0.15, 0.2) is 11.0 Å². The van der Waals surface area contributed by atoms with E-state index < -0.39 is 22.5 Å². The van der Waals surface area contributed by atoms with Crippen LogP contribution in [0.15, 0.2) is 30.3 Å². The van der Waals surface area contributed by atoms with Crippen molar-refractivity contribution in [1.82, 2.24) is 10.0 Å². The molecular formula is C10H11F3N2O2S. The number of halogens is 3. The molecule has 2 N–H and O–H groups in total. The van der Waals surface area contributed by atoms with Crippen molar-refractivity contribution in [3.05, 3.63) is 35.9 Å². The molecule has 0 saturated heterocycles. The average Bonchev–Trinajstić information content (AvgIpc) is 2.34. The average molecular weight is 280 g/mol. The number of hydrogen-bond acceptors (Lipinski definition) is 2. The highest BCUT2D eigenvalue weighted by Crippen LogP contribution is 2.19.